The standard InChI is InChI=1S/C19H11N3O4/c23-18(24)12-3-1-2-10-4-6-13(22-17(10)12)11-5-7-14-15(8-11)21-16(9-20-14)19(25)26/h1-9H,(H,23,24)(H,25,26). The van der Waals surface area contributed by atoms with Crippen molar-refractivity contribution in [3.63, 3.8) is 0 Å². The van der Waals surface area contributed by atoms with E-state index < -0.39 is 11.9 Å². The van der Waals surface area contributed by atoms with Gasteiger partial charge in [-0.1, -0.05) is 24.3 Å². The van der Waals surface area contributed by atoms with Crippen molar-refractivity contribution in [2.24, 2.45) is 0 Å². The van der Waals surface area contributed by atoms with E-state index in [0.717, 1.165) is 5.39 Å². The average Bonchev–Trinajstić information content (AvgIpc) is 2.66. The largest absolute Gasteiger partial charge is 0.478 e. The summed E-state index contributed by atoms with van der Waals surface area (Å²) in [5, 5.41) is 19.1. The summed E-state index contributed by atoms with van der Waals surface area (Å²) in [7, 11) is 0. The van der Waals surface area contributed by atoms with E-state index >= 15 is 0 Å². The fourth-order valence-electron chi connectivity index (χ4n) is 2.75. The number of pyridine rings is 1. The summed E-state index contributed by atoms with van der Waals surface area (Å²) >= 11 is 0. The minimum absolute atomic E-state index is 0.123. The highest BCUT2D eigenvalue weighted by molar-refractivity contribution is 6.02. The van der Waals surface area contributed by atoms with Crippen LogP contribution in [0.3, 0.4) is 0 Å². The van der Waals surface area contributed by atoms with Crippen molar-refractivity contribution < 1.29 is 19.8 Å². The van der Waals surface area contributed by atoms with Gasteiger partial charge in [-0.25, -0.2) is 19.6 Å². The number of carboxylic acids is 2. The minimum atomic E-state index is -1.15. The lowest BCUT2D eigenvalue weighted by atomic mass is 10.1. The van der Waals surface area contributed by atoms with E-state index in [9.17, 15) is 14.7 Å². The molecule has 26 heavy (non-hydrogen) atoms. The van der Waals surface area contributed by atoms with Crippen LogP contribution in [0.4, 0.5) is 0 Å². The first kappa shape index (κ1) is 15.6. The number of fused-ring (bicyclic) bond motifs is 2. The number of carbonyl (C=O) groups is 2. The van der Waals surface area contributed by atoms with Gasteiger partial charge in [0, 0.05) is 10.9 Å². The van der Waals surface area contributed by atoms with Crippen molar-refractivity contribution in [3.8, 4) is 11.3 Å². The van der Waals surface area contributed by atoms with Crippen LogP contribution in [0.25, 0.3) is 33.2 Å². The monoisotopic (exact) mass is 345 g/mol. The van der Waals surface area contributed by atoms with Gasteiger partial charge in [0.05, 0.1) is 34.0 Å². The van der Waals surface area contributed by atoms with Crippen LogP contribution in [0.5, 0.6) is 0 Å². The van der Waals surface area contributed by atoms with Crippen LogP contribution in [0.2, 0.25) is 0 Å². The highest BCUT2D eigenvalue weighted by atomic mass is 16.4. The molecule has 4 rings (SSSR count). The van der Waals surface area contributed by atoms with Crippen LogP contribution >= 0.6 is 0 Å². The maximum atomic E-state index is 11.4. The second-order valence-electron chi connectivity index (χ2n) is 5.64. The van der Waals surface area contributed by atoms with Crippen molar-refractivity contribution in [2.45, 2.75) is 0 Å². The molecule has 0 aliphatic rings. The second kappa shape index (κ2) is 5.89. The molecule has 2 N–H and O–H groups in total. The van der Waals surface area contributed by atoms with Crippen LogP contribution in [0, 0.1) is 0 Å². The van der Waals surface area contributed by atoms with E-state index in [2.05, 4.69) is 15.0 Å². The maximum absolute atomic E-state index is 11.4. The Morgan fingerprint density at radius 2 is 1.69 bits per heavy atom. The zero-order valence-electron chi connectivity index (χ0n) is 13.2. The molecule has 0 radical (unpaired) electrons. The van der Waals surface area contributed by atoms with Gasteiger partial charge in [-0.3, -0.25) is 4.98 Å². The predicted octanol–water partition coefficient (Wildman–Crippen LogP) is 3.24. The van der Waals surface area contributed by atoms with Crippen molar-refractivity contribution in [3.05, 3.63) is 66.0 Å². The molecule has 2 aromatic carbocycles. The summed E-state index contributed by atoms with van der Waals surface area (Å²) in [6.07, 6.45) is 1.21. The number of hydrogen-bond acceptors (Lipinski definition) is 5. The number of hydrogen-bond donors (Lipinski definition) is 2. The SMILES string of the molecule is O=C(O)c1cnc2ccc(-c3ccc4cccc(C(=O)O)c4n3)cc2n1. The van der Waals surface area contributed by atoms with Gasteiger partial charge in [-0.2, -0.15) is 0 Å². The smallest absolute Gasteiger partial charge is 0.356 e. The molecule has 0 aliphatic heterocycles. The van der Waals surface area contributed by atoms with Crippen molar-refractivity contribution in [1.82, 2.24) is 15.0 Å². The van der Waals surface area contributed by atoms with Gasteiger partial charge in [0.1, 0.15) is 0 Å². The fraction of sp³-hybridized carbons (Fsp3) is 0. The molecular weight excluding hydrogens is 334 g/mol. The molecule has 0 saturated heterocycles. The molecule has 2 heterocycles. The number of benzene rings is 2. The molecule has 0 spiro atoms. The molecule has 2 aromatic heterocycles. The minimum Gasteiger partial charge on any atom is -0.478 e. The van der Waals surface area contributed by atoms with Gasteiger partial charge in [0.15, 0.2) is 5.69 Å². The zero-order chi connectivity index (χ0) is 18.3. The van der Waals surface area contributed by atoms with Crippen LogP contribution < -0.4 is 0 Å². The molecule has 0 fully saturated rings. The van der Waals surface area contributed by atoms with E-state index in [1.54, 1.807) is 42.5 Å². The third kappa shape index (κ3) is 2.61. The molecule has 126 valence electrons. The first-order valence-electron chi connectivity index (χ1n) is 7.66. The Labute approximate surface area is 146 Å². The molecular formula is C19H11N3O4. The number of rotatable bonds is 3. The Morgan fingerprint density at radius 1 is 0.846 bits per heavy atom. The Morgan fingerprint density at radius 3 is 2.46 bits per heavy atom. The predicted molar refractivity (Wildman–Crippen MR) is 94.2 cm³/mol. The Bertz CT molecular complexity index is 1200. The van der Waals surface area contributed by atoms with E-state index in [0.29, 0.717) is 27.8 Å². The van der Waals surface area contributed by atoms with Crippen LogP contribution in [0.1, 0.15) is 20.8 Å². The Hall–Kier alpha value is -3.87. The Balaban J connectivity index is 1.90. The summed E-state index contributed by atoms with van der Waals surface area (Å²) in [4.78, 5) is 35.2. The molecule has 7 nitrogen and oxygen atoms in total. The summed E-state index contributed by atoms with van der Waals surface area (Å²) in [5.41, 5.74) is 2.61. The van der Waals surface area contributed by atoms with Gasteiger partial charge in [0.2, 0.25) is 0 Å². The third-order valence-corrected chi connectivity index (χ3v) is 4.01. The van der Waals surface area contributed by atoms with Gasteiger partial charge < -0.3 is 10.2 Å². The Kier molecular flexibility index (Phi) is 3.54. The normalized spacial score (nSPS) is 10.9. The van der Waals surface area contributed by atoms with E-state index in [-0.39, 0.29) is 11.3 Å². The maximum Gasteiger partial charge on any atom is 0.356 e. The molecule has 7 heteroatoms. The van der Waals surface area contributed by atoms with Crippen molar-refractivity contribution >= 4 is 33.9 Å². The highest BCUT2D eigenvalue weighted by Gasteiger charge is 2.12. The van der Waals surface area contributed by atoms with E-state index in [4.69, 9.17) is 5.11 Å². The van der Waals surface area contributed by atoms with Crippen LogP contribution in [0.15, 0.2) is 54.7 Å². The molecule has 0 saturated carbocycles. The lowest BCUT2D eigenvalue weighted by molar-refractivity contribution is 0.0683. The average molecular weight is 345 g/mol. The topological polar surface area (TPSA) is 113 Å². The van der Waals surface area contributed by atoms with Crippen molar-refractivity contribution in [2.75, 3.05) is 0 Å². The number of nitrogens with zero attached hydrogens (tertiary/aromatic N) is 3. The van der Waals surface area contributed by atoms with Crippen LogP contribution in [-0.4, -0.2) is 37.1 Å². The lowest BCUT2D eigenvalue weighted by Crippen LogP contribution is -2.01. The van der Waals surface area contributed by atoms with E-state index in [1.807, 2.05) is 0 Å². The molecule has 0 amide bonds. The molecule has 4 aromatic rings. The number of aromatic nitrogens is 3. The van der Waals surface area contributed by atoms with Gasteiger partial charge in [-0.15, -0.1) is 0 Å². The summed E-state index contributed by atoms with van der Waals surface area (Å²) < 4.78 is 0. The van der Waals surface area contributed by atoms with Crippen LogP contribution in [-0.2, 0) is 0 Å². The first-order valence-corrected chi connectivity index (χ1v) is 7.66. The first-order chi connectivity index (χ1) is 12.5. The lowest BCUT2D eigenvalue weighted by Gasteiger charge is -2.07. The molecule has 0 unspecified atom stereocenters. The second-order valence-corrected chi connectivity index (χ2v) is 5.64. The number of para-hydroxylation sites is 1. The number of aromatic carboxylic acids is 2. The number of carboxylic acid groups (broad SMARTS) is 2. The molecule has 0 atom stereocenters. The molecule has 0 bridgehead atoms. The summed E-state index contributed by atoms with van der Waals surface area (Å²) in [6.45, 7) is 0. The quantitative estimate of drug-likeness (QED) is 0.586. The summed E-state index contributed by atoms with van der Waals surface area (Å²) in [5.74, 6) is -2.20. The highest BCUT2D eigenvalue weighted by Crippen LogP contribution is 2.25. The fourth-order valence-corrected chi connectivity index (χ4v) is 2.75. The third-order valence-electron chi connectivity index (χ3n) is 4.01. The van der Waals surface area contributed by atoms with Gasteiger partial charge in [-0.05, 0) is 24.3 Å². The van der Waals surface area contributed by atoms with Gasteiger partial charge >= 0.3 is 11.9 Å². The van der Waals surface area contributed by atoms with Gasteiger partial charge in [0.25, 0.3) is 0 Å². The van der Waals surface area contributed by atoms with Crippen molar-refractivity contribution in [1.29, 1.82) is 0 Å². The summed E-state index contributed by atoms with van der Waals surface area (Å²) in [6, 6.07) is 13.7. The zero-order valence-corrected chi connectivity index (χ0v) is 13.2. The molecule has 0 aliphatic carbocycles. The van der Waals surface area contributed by atoms with E-state index in [1.165, 1.54) is 12.3 Å².